The molecule has 2 aromatic heterocycles. The summed E-state index contributed by atoms with van der Waals surface area (Å²) in [5.74, 6) is 1.45. The van der Waals surface area contributed by atoms with E-state index in [9.17, 15) is 9.59 Å². The van der Waals surface area contributed by atoms with E-state index in [-0.39, 0.29) is 17.5 Å². The second-order valence-corrected chi connectivity index (χ2v) is 5.37. The molecule has 2 N–H and O–H groups in total. The normalized spacial score (nSPS) is 12.1. The van der Waals surface area contributed by atoms with Gasteiger partial charge in [0.1, 0.15) is 11.6 Å². The molecule has 0 aromatic carbocycles. The molecule has 2 heterocycles. The fourth-order valence-electron chi connectivity index (χ4n) is 2.37. The number of amides is 1. The zero-order chi connectivity index (χ0) is 16.1. The van der Waals surface area contributed by atoms with Gasteiger partial charge in [-0.1, -0.05) is 0 Å². The van der Waals surface area contributed by atoms with E-state index >= 15 is 0 Å². The van der Waals surface area contributed by atoms with Crippen LogP contribution in [0, 0.1) is 13.8 Å². The lowest BCUT2D eigenvalue weighted by molar-refractivity contribution is -0.121. The van der Waals surface area contributed by atoms with Gasteiger partial charge in [-0.05, 0) is 20.8 Å². The van der Waals surface area contributed by atoms with Crippen LogP contribution in [0.25, 0.3) is 0 Å². The zero-order valence-corrected chi connectivity index (χ0v) is 13.1. The van der Waals surface area contributed by atoms with Crippen molar-refractivity contribution < 1.29 is 4.79 Å². The first-order chi connectivity index (χ1) is 10.5. The van der Waals surface area contributed by atoms with Crippen molar-refractivity contribution in [3.63, 3.8) is 0 Å². The summed E-state index contributed by atoms with van der Waals surface area (Å²) in [5.41, 5.74) is 0.507. The molecular weight excluding hydrogens is 282 g/mol. The summed E-state index contributed by atoms with van der Waals surface area (Å²) in [7, 11) is 0. The van der Waals surface area contributed by atoms with E-state index in [1.165, 1.54) is 6.07 Å². The molecule has 0 radical (unpaired) electrons. The molecule has 7 nitrogen and oxygen atoms in total. The number of imidazole rings is 1. The minimum absolute atomic E-state index is 0.0319. The third-order valence-corrected chi connectivity index (χ3v) is 3.42. The molecule has 0 aliphatic heterocycles. The molecule has 2 rings (SSSR count). The first kappa shape index (κ1) is 15.9. The van der Waals surface area contributed by atoms with Gasteiger partial charge in [-0.3, -0.25) is 9.59 Å². The van der Waals surface area contributed by atoms with Gasteiger partial charge < -0.3 is 14.9 Å². The van der Waals surface area contributed by atoms with E-state index in [1.54, 1.807) is 13.1 Å². The molecule has 0 spiro atoms. The number of carbonyl (C=O) groups excluding carboxylic acids is 1. The third-order valence-electron chi connectivity index (χ3n) is 3.42. The standard InChI is InChI=1S/C15H21N5O2/c1-10-8-15(22)19-13(18-10)4-5-17-14(21)9-11(2)20-7-6-16-12(20)3/h6-8,11H,4-5,9H2,1-3H3,(H,17,21)(H,18,19,22)/t11-/m0/s1. The van der Waals surface area contributed by atoms with Crippen LogP contribution in [0.4, 0.5) is 0 Å². The molecule has 1 atom stereocenters. The Labute approximate surface area is 128 Å². The van der Waals surface area contributed by atoms with Crippen LogP contribution in [0.1, 0.15) is 36.7 Å². The number of hydrogen-bond donors (Lipinski definition) is 2. The average molecular weight is 303 g/mol. The first-order valence-corrected chi connectivity index (χ1v) is 7.28. The van der Waals surface area contributed by atoms with Crippen LogP contribution in [0.5, 0.6) is 0 Å². The molecule has 0 saturated heterocycles. The number of nitrogens with zero attached hydrogens (tertiary/aromatic N) is 3. The van der Waals surface area contributed by atoms with Crippen LogP contribution < -0.4 is 10.9 Å². The Balaban J connectivity index is 1.80. The summed E-state index contributed by atoms with van der Waals surface area (Å²) < 4.78 is 1.97. The van der Waals surface area contributed by atoms with Crippen molar-refractivity contribution in [3.05, 3.63) is 46.2 Å². The van der Waals surface area contributed by atoms with Crippen molar-refractivity contribution in [2.24, 2.45) is 0 Å². The number of H-pyrrole nitrogens is 1. The fourth-order valence-corrected chi connectivity index (χ4v) is 2.37. The summed E-state index contributed by atoms with van der Waals surface area (Å²) in [4.78, 5) is 34.3. The van der Waals surface area contributed by atoms with Crippen LogP contribution in [-0.4, -0.2) is 32.0 Å². The van der Waals surface area contributed by atoms with E-state index in [1.807, 2.05) is 24.6 Å². The number of hydrogen-bond acceptors (Lipinski definition) is 4. The van der Waals surface area contributed by atoms with E-state index in [0.29, 0.717) is 30.9 Å². The van der Waals surface area contributed by atoms with E-state index < -0.39 is 0 Å². The number of aromatic amines is 1. The minimum atomic E-state index is -0.168. The Bertz CT molecular complexity index is 704. The number of nitrogens with one attached hydrogen (secondary N) is 2. The summed E-state index contributed by atoms with van der Waals surface area (Å²) >= 11 is 0. The van der Waals surface area contributed by atoms with Gasteiger partial charge in [-0.15, -0.1) is 0 Å². The minimum Gasteiger partial charge on any atom is -0.356 e. The van der Waals surface area contributed by atoms with Gasteiger partial charge in [-0.25, -0.2) is 9.97 Å². The molecule has 22 heavy (non-hydrogen) atoms. The van der Waals surface area contributed by atoms with Gasteiger partial charge in [0.2, 0.25) is 5.91 Å². The average Bonchev–Trinajstić information content (AvgIpc) is 2.83. The Hall–Kier alpha value is -2.44. The quantitative estimate of drug-likeness (QED) is 0.829. The molecule has 2 aromatic rings. The molecule has 0 aliphatic rings. The van der Waals surface area contributed by atoms with Crippen molar-refractivity contribution >= 4 is 5.91 Å². The lowest BCUT2D eigenvalue weighted by Gasteiger charge is -2.14. The number of carbonyl (C=O) groups is 1. The maximum Gasteiger partial charge on any atom is 0.251 e. The Morgan fingerprint density at radius 2 is 2.23 bits per heavy atom. The number of rotatable bonds is 6. The SMILES string of the molecule is Cc1cc(=O)[nH]c(CCNC(=O)C[C@H](C)n2ccnc2C)n1. The van der Waals surface area contributed by atoms with Crippen molar-refractivity contribution in [2.75, 3.05) is 6.54 Å². The third kappa shape index (κ3) is 4.28. The summed E-state index contributed by atoms with van der Waals surface area (Å²) in [6.45, 7) is 6.11. The summed E-state index contributed by atoms with van der Waals surface area (Å²) in [6.07, 6.45) is 4.48. The largest absolute Gasteiger partial charge is 0.356 e. The maximum absolute atomic E-state index is 11.9. The lowest BCUT2D eigenvalue weighted by Crippen LogP contribution is -2.28. The van der Waals surface area contributed by atoms with Gasteiger partial charge >= 0.3 is 0 Å². The van der Waals surface area contributed by atoms with Gasteiger partial charge in [-0.2, -0.15) is 0 Å². The smallest absolute Gasteiger partial charge is 0.251 e. The second-order valence-electron chi connectivity index (χ2n) is 5.37. The molecule has 118 valence electrons. The van der Waals surface area contributed by atoms with Crippen LogP contribution in [0.15, 0.2) is 23.3 Å². The second kappa shape index (κ2) is 7.02. The highest BCUT2D eigenvalue weighted by Gasteiger charge is 2.12. The number of aromatic nitrogens is 4. The van der Waals surface area contributed by atoms with Crippen molar-refractivity contribution in [1.82, 2.24) is 24.8 Å². The highest BCUT2D eigenvalue weighted by molar-refractivity contribution is 5.76. The molecule has 7 heteroatoms. The van der Waals surface area contributed by atoms with E-state index in [2.05, 4.69) is 20.3 Å². The van der Waals surface area contributed by atoms with Crippen LogP contribution >= 0.6 is 0 Å². The van der Waals surface area contributed by atoms with Gasteiger partial charge in [0.25, 0.3) is 5.56 Å². The predicted octanol–water partition coefficient (Wildman–Crippen LogP) is 0.893. The molecule has 1 amide bonds. The summed E-state index contributed by atoms with van der Waals surface area (Å²) in [6, 6.07) is 1.50. The van der Waals surface area contributed by atoms with E-state index in [0.717, 1.165) is 5.82 Å². The van der Waals surface area contributed by atoms with Crippen LogP contribution in [-0.2, 0) is 11.2 Å². The van der Waals surface area contributed by atoms with Crippen LogP contribution in [0.2, 0.25) is 0 Å². The Morgan fingerprint density at radius 3 is 2.86 bits per heavy atom. The number of aryl methyl sites for hydroxylation is 2. The molecule has 0 fully saturated rings. The topological polar surface area (TPSA) is 92.7 Å². The molecule has 0 aliphatic carbocycles. The first-order valence-electron chi connectivity index (χ1n) is 7.28. The highest BCUT2D eigenvalue weighted by Crippen LogP contribution is 2.12. The monoisotopic (exact) mass is 303 g/mol. The van der Waals surface area contributed by atoms with Gasteiger partial charge in [0, 0.05) is 49.6 Å². The predicted molar refractivity (Wildman–Crippen MR) is 82.6 cm³/mol. The van der Waals surface area contributed by atoms with E-state index in [4.69, 9.17) is 0 Å². The van der Waals surface area contributed by atoms with Gasteiger partial charge in [0.15, 0.2) is 0 Å². The molecule has 0 bridgehead atoms. The molecule has 0 saturated carbocycles. The van der Waals surface area contributed by atoms with Gasteiger partial charge in [0.05, 0.1) is 0 Å². The van der Waals surface area contributed by atoms with Crippen molar-refractivity contribution in [2.45, 2.75) is 39.7 Å². The molecular formula is C15H21N5O2. The lowest BCUT2D eigenvalue weighted by atomic mass is 10.2. The maximum atomic E-state index is 11.9. The van der Waals surface area contributed by atoms with Crippen molar-refractivity contribution in [3.8, 4) is 0 Å². The van der Waals surface area contributed by atoms with Crippen LogP contribution in [0.3, 0.4) is 0 Å². The highest BCUT2D eigenvalue weighted by atomic mass is 16.1. The van der Waals surface area contributed by atoms with Crippen molar-refractivity contribution in [1.29, 1.82) is 0 Å². The Morgan fingerprint density at radius 1 is 1.45 bits per heavy atom. The zero-order valence-electron chi connectivity index (χ0n) is 13.1. The molecule has 0 unspecified atom stereocenters. The fraction of sp³-hybridized carbons (Fsp3) is 0.467. The summed E-state index contributed by atoms with van der Waals surface area (Å²) in [5, 5.41) is 2.85. The Kier molecular flexibility index (Phi) is 5.08.